The molecule has 0 bridgehead atoms. The molecular weight excluding hydrogens is 1520 g/mol. The molecule has 4 fully saturated rings. The molecule has 8 aromatic heterocycles. The van der Waals surface area contributed by atoms with E-state index in [1.54, 1.807) is 77.8 Å². The van der Waals surface area contributed by atoms with Crippen molar-refractivity contribution in [3.8, 4) is 67.6 Å². The fraction of sp³-hybridized carbons (Fsp3) is 0.286. The Labute approximate surface area is 684 Å². The van der Waals surface area contributed by atoms with Crippen molar-refractivity contribution in [1.29, 1.82) is 0 Å². The van der Waals surface area contributed by atoms with Crippen molar-refractivity contribution in [3.05, 3.63) is 236 Å². The summed E-state index contributed by atoms with van der Waals surface area (Å²) in [5.41, 5.74) is 16.8. The minimum atomic E-state index is -4.44. The molecule has 5 amide bonds. The molecule has 17 rings (SSSR count). The van der Waals surface area contributed by atoms with Gasteiger partial charge in [0.1, 0.15) is 53.7 Å². The number of aryl methyl sites for hydroxylation is 1. The van der Waals surface area contributed by atoms with Crippen LogP contribution in [0.4, 0.5) is 19.0 Å². The van der Waals surface area contributed by atoms with E-state index in [0.717, 1.165) is 133 Å². The minimum absolute atomic E-state index is 0.000296. The van der Waals surface area contributed by atoms with Gasteiger partial charge in [-0.3, -0.25) is 58.6 Å². The molecule has 0 radical (unpaired) electrons. The Morgan fingerprint density at radius 1 is 0.538 bits per heavy atom. The van der Waals surface area contributed by atoms with Crippen LogP contribution in [-0.4, -0.2) is 150 Å². The Balaban J connectivity index is 0.000000131. The summed E-state index contributed by atoms with van der Waals surface area (Å²) in [7, 11) is 1.90. The molecule has 610 valence electrons. The van der Waals surface area contributed by atoms with Crippen LogP contribution in [0.1, 0.15) is 81.1 Å². The summed E-state index contributed by atoms with van der Waals surface area (Å²) in [6.07, 6.45) is 11.7. The zero-order valence-electron chi connectivity index (χ0n) is 66.6. The average Bonchev–Trinajstić information content (AvgIpc) is 1.77. The van der Waals surface area contributed by atoms with Crippen LogP contribution in [0.5, 0.6) is 23.0 Å². The standard InChI is InChI=1S/C27H26N4O3.C24H26N4O3.C21H18F3N3O2.C19H20N4O2/c1-3-31(18(2)32)16-19-8-10-20(11-9-19)21-14-24-22(6-4-12-29-24)26(15-21)34-17-25-23(27(28)33)7-5-13-30-25;1-16(19-13-24(29)27-15-19)31-22-12-18(11-21-20(22)3-2-6-25-21)17-4-5-23(26-14-17)28-7-9-30-10-8-28;1-12(14-9-20(28)27-10-14)29-19-8-13(7-18-16(19)3-2-6-25-18)17-5-4-15(11-26-17)21(22,23)24;1-12(14-8-19(24)21-9-14)25-18-7-13(15-10-22-23(2)11-15)6-17-16(18)4-3-5-20-17/h4-15H,3,16-17H2,1-2H3,(H2,28,33);2-6,11-12,14,16,19H,7-10,13,15H2,1H3,(H,27,29);2-8,11-12,14H,9-10H2,1H3,(H,27,28);3-7,10-12,14H,8-9H2,1-2H3,(H,21,24)/t;16-,19-;2*12-,14-/m.111/s1. The Morgan fingerprint density at radius 2 is 1.00 bits per heavy atom. The van der Waals surface area contributed by atoms with Crippen molar-refractivity contribution in [2.24, 2.45) is 30.5 Å². The van der Waals surface area contributed by atoms with Gasteiger partial charge in [-0.2, -0.15) is 18.3 Å². The molecule has 13 aromatic rings. The molecule has 5 aromatic carbocycles. The molecule has 4 aliphatic heterocycles. The second-order valence-electron chi connectivity index (χ2n) is 29.7. The first kappa shape index (κ1) is 82.0. The number of halogens is 3. The fourth-order valence-corrected chi connectivity index (χ4v) is 14.7. The van der Waals surface area contributed by atoms with Crippen molar-refractivity contribution in [3.63, 3.8) is 0 Å². The van der Waals surface area contributed by atoms with E-state index in [1.807, 2.05) is 144 Å². The van der Waals surface area contributed by atoms with Gasteiger partial charge >= 0.3 is 6.18 Å². The van der Waals surface area contributed by atoms with Gasteiger partial charge in [-0.1, -0.05) is 24.3 Å². The third-order valence-electron chi connectivity index (χ3n) is 21.5. The monoisotopic (exact) mass is 1610 g/mol. The minimum Gasteiger partial charge on any atom is -0.490 e. The molecule has 6 atom stereocenters. The van der Waals surface area contributed by atoms with E-state index in [0.29, 0.717) is 91.5 Å². The molecule has 4 aliphatic rings. The van der Waals surface area contributed by atoms with E-state index in [4.69, 9.17) is 29.4 Å². The number of anilines is 1. The summed E-state index contributed by atoms with van der Waals surface area (Å²) < 4.78 is 70.6. The summed E-state index contributed by atoms with van der Waals surface area (Å²) in [6, 6.07) is 48.9. The number of alkyl halides is 3. The second-order valence-corrected chi connectivity index (χ2v) is 29.7. The summed E-state index contributed by atoms with van der Waals surface area (Å²) in [5.74, 6) is 3.82. The third-order valence-corrected chi connectivity index (χ3v) is 21.5. The SMILES string of the molecule is CCN(Cc1ccc(-c2cc(OCc3ncccc3C(N)=O)c3cccnc3c2)cc1)C(C)=O.C[C@@H](Oc1cc(-c2ccc(C(F)(F)F)cn2)cc2ncccc12)[C@H]1CNC(=O)C1.C[C@@H](Oc1cc(-c2ccc(N3CCOCC3)nc2)cc2ncccc12)[C@H]1CNC(=O)C1.C[C@@H](Oc1cc(-c2cnn(C)c2)cc2ncccc12)[C@H]1CNC(=O)C1. The molecule has 0 spiro atoms. The number of carbonyl (C=O) groups is 5. The number of nitrogens with zero attached hydrogens (tertiary/aromatic N) is 11. The smallest absolute Gasteiger partial charge is 0.417 e. The number of nitrogens with one attached hydrogen (secondary N) is 3. The lowest BCUT2D eigenvalue weighted by molar-refractivity contribution is -0.138. The molecule has 0 saturated carbocycles. The number of benzene rings is 5. The van der Waals surface area contributed by atoms with Crippen LogP contribution in [0.3, 0.4) is 0 Å². The molecule has 5 N–H and O–H groups in total. The first-order valence-electron chi connectivity index (χ1n) is 39.4. The van der Waals surface area contributed by atoms with Gasteiger partial charge in [0, 0.05) is 185 Å². The van der Waals surface area contributed by atoms with Crippen molar-refractivity contribution in [2.75, 3.05) is 57.4 Å². The second kappa shape index (κ2) is 37.2. The number of fused-ring (bicyclic) bond motifs is 4. The lowest BCUT2D eigenvalue weighted by Crippen LogP contribution is -2.36. The van der Waals surface area contributed by atoms with Gasteiger partial charge in [0.2, 0.25) is 23.6 Å². The average molecular weight is 1610 g/mol. The predicted molar refractivity (Wildman–Crippen MR) is 447 cm³/mol. The molecular formula is C91H90F3N15O10. The molecule has 0 aliphatic carbocycles. The van der Waals surface area contributed by atoms with E-state index >= 15 is 0 Å². The number of rotatable bonds is 21. The zero-order chi connectivity index (χ0) is 83.3. The number of nitrogens with two attached hydrogens (primary N) is 1. The van der Waals surface area contributed by atoms with Crippen LogP contribution in [0, 0.1) is 17.8 Å². The van der Waals surface area contributed by atoms with Crippen molar-refractivity contribution >= 4 is 79.0 Å². The topological polar surface area (TPSA) is 308 Å². The maximum absolute atomic E-state index is 12.8. The number of ether oxygens (including phenoxy) is 5. The van der Waals surface area contributed by atoms with Crippen LogP contribution in [-0.2, 0) is 50.3 Å². The highest BCUT2D eigenvalue weighted by molar-refractivity contribution is 5.95. The summed E-state index contributed by atoms with van der Waals surface area (Å²) in [5, 5.41) is 16.4. The lowest BCUT2D eigenvalue weighted by atomic mass is 10.0. The van der Waals surface area contributed by atoms with Crippen molar-refractivity contribution in [2.45, 2.75) is 91.5 Å². The van der Waals surface area contributed by atoms with E-state index in [2.05, 4.69) is 85.1 Å². The number of morpholine rings is 1. The van der Waals surface area contributed by atoms with Crippen LogP contribution in [0.25, 0.3) is 88.2 Å². The van der Waals surface area contributed by atoms with Crippen molar-refractivity contribution in [1.82, 2.24) is 65.5 Å². The van der Waals surface area contributed by atoms with Crippen LogP contribution >= 0.6 is 0 Å². The number of hydrogen-bond donors (Lipinski definition) is 4. The molecule has 25 nitrogen and oxygen atoms in total. The first-order chi connectivity index (χ1) is 57.5. The molecule has 12 heterocycles. The van der Waals surface area contributed by atoms with Crippen molar-refractivity contribution < 1.29 is 60.8 Å². The van der Waals surface area contributed by atoms with E-state index < -0.39 is 17.6 Å². The van der Waals surface area contributed by atoms with Gasteiger partial charge in [-0.05, 0) is 189 Å². The van der Waals surface area contributed by atoms with E-state index in [9.17, 15) is 37.1 Å². The predicted octanol–water partition coefficient (Wildman–Crippen LogP) is 14.1. The third kappa shape index (κ3) is 20.3. The Hall–Kier alpha value is -13.5. The molecule has 0 unspecified atom stereocenters. The number of aromatic nitrogens is 9. The number of amides is 5. The molecule has 119 heavy (non-hydrogen) atoms. The Morgan fingerprint density at radius 3 is 1.44 bits per heavy atom. The summed E-state index contributed by atoms with van der Waals surface area (Å²) >= 11 is 0. The van der Waals surface area contributed by atoms with Gasteiger partial charge in [0.25, 0.3) is 5.91 Å². The summed E-state index contributed by atoms with van der Waals surface area (Å²) in [4.78, 5) is 92.9. The number of carbonyl (C=O) groups excluding carboxylic acids is 5. The Kier molecular flexibility index (Phi) is 25.6. The van der Waals surface area contributed by atoms with Crippen LogP contribution < -0.4 is 45.5 Å². The zero-order valence-corrected chi connectivity index (χ0v) is 66.6. The van der Waals surface area contributed by atoms with Gasteiger partial charge in [0.15, 0.2) is 0 Å². The van der Waals surface area contributed by atoms with Gasteiger partial charge < -0.3 is 55.2 Å². The van der Waals surface area contributed by atoms with E-state index in [-0.39, 0.29) is 66.3 Å². The van der Waals surface area contributed by atoms with Crippen LogP contribution in [0.2, 0.25) is 0 Å². The maximum atomic E-state index is 12.8. The lowest BCUT2D eigenvalue weighted by Gasteiger charge is -2.27. The van der Waals surface area contributed by atoms with E-state index in [1.165, 1.54) is 6.07 Å². The summed E-state index contributed by atoms with van der Waals surface area (Å²) in [6.45, 7) is 15.9. The number of hydrogen-bond acceptors (Lipinski definition) is 19. The quantitative estimate of drug-likeness (QED) is 0.0519. The van der Waals surface area contributed by atoms with Crippen LogP contribution in [0.15, 0.2) is 213 Å². The van der Waals surface area contributed by atoms with Gasteiger partial charge in [-0.25, -0.2) is 4.98 Å². The van der Waals surface area contributed by atoms with Gasteiger partial charge in [-0.15, -0.1) is 0 Å². The molecule has 4 saturated heterocycles. The normalized spacial score (nSPS) is 16.5. The number of primary amides is 1. The molecule has 28 heteroatoms. The first-order valence-corrected chi connectivity index (χ1v) is 39.4. The highest BCUT2D eigenvalue weighted by Gasteiger charge is 2.33. The van der Waals surface area contributed by atoms with Gasteiger partial charge in [0.05, 0.1) is 64.0 Å². The fourth-order valence-electron chi connectivity index (χ4n) is 14.7. The highest BCUT2D eigenvalue weighted by atomic mass is 19.4. The largest absolute Gasteiger partial charge is 0.490 e. The Bertz CT molecular complexity index is 5820. The number of pyridine rings is 7. The maximum Gasteiger partial charge on any atom is 0.417 e. The highest BCUT2D eigenvalue weighted by Crippen LogP contribution is 2.39.